The molecule has 2 aromatic heterocycles. The highest BCUT2D eigenvalue weighted by molar-refractivity contribution is 6.11. The summed E-state index contributed by atoms with van der Waals surface area (Å²) in [4.78, 5) is 38.7. The first-order valence-corrected chi connectivity index (χ1v) is 11.0. The van der Waals surface area contributed by atoms with Gasteiger partial charge in [-0.05, 0) is 42.3 Å². The Morgan fingerprint density at radius 2 is 1.94 bits per heavy atom. The molecule has 0 amide bonds. The Kier molecular flexibility index (Phi) is 6.86. The molecule has 2 aromatic carbocycles. The second kappa shape index (κ2) is 10.2. The van der Waals surface area contributed by atoms with Crippen molar-refractivity contribution in [3.63, 3.8) is 0 Å². The largest absolute Gasteiger partial charge is 0.481 e. The first-order chi connectivity index (χ1) is 17.3. The van der Waals surface area contributed by atoms with Gasteiger partial charge >= 0.3 is 5.97 Å². The van der Waals surface area contributed by atoms with Crippen LogP contribution >= 0.6 is 0 Å². The number of aliphatic imine (C=N–C) groups is 1. The number of rotatable bonds is 8. The van der Waals surface area contributed by atoms with Crippen LogP contribution in [0.25, 0.3) is 27.7 Å². The van der Waals surface area contributed by atoms with E-state index in [2.05, 4.69) is 9.98 Å². The topological polar surface area (TPSA) is 157 Å². The number of carboxylic acids is 1. The number of fused-ring (bicyclic) bond motifs is 1. The van der Waals surface area contributed by atoms with Crippen molar-refractivity contribution in [2.75, 3.05) is 7.11 Å². The number of benzene rings is 2. The summed E-state index contributed by atoms with van der Waals surface area (Å²) in [5.74, 6) is -2.23. The van der Waals surface area contributed by atoms with Crippen LogP contribution in [0.2, 0.25) is 0 Å². The minimum Gasteiger partial charge on any atom is -0.481 e. The molecule has 10 nitrogen and oxygen atoms in total. The fourth-order valence-electron chi connectivity index (χ4n) is 3.93. The van der Waals surface area contributed by atoms with E-state index in [0.29, 0.717) is 34.2 Å². The van der Waals surface area contributed by atoms with Crippen molar-refractivity contribution >= 4 is 28.9 Å². The van der Waals surface area contributed by atoms with Gasteiger partial charge < -0.3 is 21.0 Å². The molecule has 36 heavy (non-hydrogen) atoms. The van der Waals surface area contributed by atoms with E-state index in [9.17, 15) is 14.7 Å². The number of para-hydroxylation sites is 1. The fourth-order valence-corrected chi connectivity index (χ4v) is 3.93. The molecule has 182 valence electrons. The second-order valence-corrected chi connectivity index (χ2v) is 7.95. The third-order valence-electron chi connectivity index (χ3n) is 5.66. The molecular weight excluding hydrogens is 460 g/mol. The van der Waals surface area contributed by atoms with Crippen LogP contribution in [0, 0.1) is 11.3 Å². The summed E-state index contributed by atoms with van der Waals surface area (Å²) in [5.41, 5.74) is 8.00. The van der Waals surface area contributed by atoms with Crippen LogP contribution in [-0.2, 0) is 4.79 Å². The minimum absolute atomic E-state index is 0.253. The summed E-state index contributed by atoms with van der Waals surface area (Å²) in [7, 11) is 1.52. The van der Waals surface area contributed by atoms with E-state index < -0.39 is 17.9 Å². The molecule has 0 aliphatic rings. The third-order valence-corrected chi connectivity index (χ3v) is 5.66. The monoisotopic (exact) mass is 484 g/mol. The van der Waals surface area contributed by atoms with Crippen LogP contribution < -0.4 is 16.0 Å². The SMILES string of the molecule is COc1cc(-c2cccc3nc(C(C)N=C(N)C(C=N)C(=O)O)n(-c4ccccc4)c(=O)c23)ccn1. The summed E-state index contributed by atoms with van der Waals surface area (Å²) < 4.78 is 6.70. The standard InChI is InChI=1S/C26H24N6O4/c1-15(30-23(28)19(14-27)26(34)35)24-31-20-10-6-9-18(16-11-12-29-21(13-16)36-2)22(20)25(33)32(24)17-7-4-3-5-8-17/h3-15,19,27H,1-2H3,(H2,28,30)(H,34,35). The van der Waals surface area contributed by atoms with Crippen LogP contribution in [-0.4, -0.2) is 44.8 Å². The Morgan fingerprint density at radius 1 is 1.19 bits per heavy atom. The molecule has 4 rings (SSSR count). The molecule has 10 heteroatoms. The van der Waals surface area contributed by atoms with Crippen LogP contribution in [0.5, 0.6) is 5.88 Å². The lowest BCUT2D eigenvalue weighted by Gasteiger charge is -2.18. The Balaban J connectivity index is 2.00. The van der Waals surface area contributed by atoms with Gasteiger partial charge in [0, 0.05) is 18.5 Å². The van der Waals surface area contributed by atoms with Crippen LogP contribution in [0.3, 0.4) is 0 Å². The highest BCUT2D eigenvalue weighted by Crippen LogP contribution is 2.29. The van der Waals surface area contributed by atoms with Gasteiger partial charge in [0.25, 0.3) is 5.56 Å². The molecule has 2 heterocycles. The number of nitrogens with zero attached hydrogens (tertiary/aromatic N) is 4. The van der Waals surface area contributed by atoms with E-state index in [1.807, 2.05) is 12.1 Å². The summed E-state index contributed by atoms with van der Waals surface area (Å²) in [6.45, 7) is 1.67. The number of amidine groups is 1. The number of ether oxygens (including phenoxy) is 1. The maximum Gasteiger partial charge on any atom is 0.319 e. The average Bonchev–Trinajstić information content (AvgIpc) is 2.88. The van der Waals surface area contributed by atoms with Gasteiger partial charge in [-0.15, -0.1) is 0 Å². The van der Waals surface area contributed by atoms with Crippen molar-refractivity contribution in [2.24, 2.45) is 16.6 Å². The number of carboxylic acid groups (broad SMARTS) is 1. The molecular formula is C26H24N6O4. The zero-order chi connectivity index (χ0) is 25.8. The van der Waals surface area contributed by atoms with E-state index >= 15 is 0 Å². The predicted octanol–water partition coefficient (Wildman–Crippen LogP) is 3.22. The molecule has 0 radical (unpaired) electrons. The smallest absolute Gasteiger partial charge is 0.319 e. The maximum absolute atomic E-state index is 14.1. The lowest BCUT2D eigenvalue weighted by Crippen LogP contribution is -2.32. The molecule has 0 fully saturated rings. The number of aliphatic carboxylic acids is 1. The van der Waals surface area contributed by atoms with Gasteiger partial charge in [-0.3, -0.25) is 19.1 Å². The highest BCUT2D eigenvalue weighted by Gasteiger charge is 2.23. The number of nitrogens with one attached hydrogen (secondary N) is 1. The number of hydrogen-bond donors (Lipinski definition) is 3. The first kappa shape index (κ1) is 24.3. The molecule has 0 saturated heterocycles. The van der Waals surface area contributed by atoms with Crippen molar-refractivity contribution in [1.29, 1.82) is 5.41 Å². The number of hydrogen-bond acceptors (Lipinski definition) is 7. The van der Waals surface area contributed by atoms with E-state index in [0.717, 1.165) is 5.56 Å². The van der Waals surface area contributed by atoms with E-state index in [1.54, 1.807) is 61.7 Å². The number of methoxy groups -OCH3 is 1. The fraction of sp³-hybridized carbons (Fsp3) is 0.154. The average molecular weight is 485 g/mol. The van der Waals surface area contributed by atoms with E-state index in [1.165, 1.54) is 11.7 Å². The van der Waals surface area contributed by atoms with Crippen molar-refractivity contribution in [1.82, 2.24) is 14.5 Å². The lowest BCUT2D eigenvalue weighted by molar-refractivity contribution is -0.137. The molecule has 0 aliphatic carbocycles. The van der Waals surface area contributed by atoms with Gasteiger partial charge in [-0.1, -0.05) is 30.3 Å². The quantitative estimate of drug-likeness (QED) is 0.256. The second-order valence-electron chi connectivity index (χ2n) is 7.95. The molecule has 0 bridgehead atoms. The molecule has 4 aromatic rings. The molecule has 4 N–H and O–H groups in total. The minimum atomic E-state index is -1.38. The van der Waals surface area contributed by atoms with Gasteiger partial charge in [0.15, 0.2) is 0 Å². The summed E-state index contributed by atoms with van der Waals surface area (Å²) in [5, 5.41) is 17.1. The predicted molar refractivity (Wildman–Crippen MR) is 137 cm³/mol. The van der Waals surface area contributed by atoms with Crippen LogP contribution in [0.15, 0.2) is 76.6 Å². The number of aromatic nitrogens is 3. The van der Waals surface area contributed by atoms with Gasteiger partial charge in [0.05, 0.1) is 23.7 Å². The zero-order valence-electron chi connectivity index (χ0n) is 19.6. The number of pyridine rings is 1. The molecule has 0 spiro atoms. The first-order valence-electron chi connectivity index (χ1n) is 11.0. The Morgan fingerprint density at radius 3 is 2.61 bits per heavy atom. The molecule has 2 unspecified atom stereocenters. The van der Waals surface area contributed by atoms with Gasteiger partial charge in [0.2, 0.25) is 5.88 Å². The van der Waals surface area contributed by atoms with Gasteiger partial charge in [-0.2, -0.15) is 0 Å². The van der Waals surface area contributed by atoms with Crippen molar-refractivity contribution in [3.05, 3.63) is 83.0 Å². The molecule has 0 aliphatic heterocycles. The van der Waals surface area contributed by atoms with Gasteiger partial charge in [0.1, 0.15) is 23.6 Å². The maximum atomic E-state index is 14.1. The van der Waals surface area contributed by atoms with Crippen LogP contribution in [0.4, 0.5) is 0 Å². The Bertz CT molecular complexity index is 1530. The molecule has 2 atom stereocenters. The number of nitrogens with two attached hydrogens (primary N) is 1. The third kappa shape index (κ3) is 4.56. The normalized spacial score (nSPS) is 13.2. The van der Waals surface area contributed by atoms with Crippen LogP contribution in [0.1, 0.15) is 18.8 Å². The van der Waals surface area contributed by atoms with Crippen molar-refractivity contribution in [3.8, 4) is 22.7 Å². The van der Waals surface area contributed by atoms with Crippen molar-refractivity contribution < 1.29 is 14.6 Å². The number of carbonyl (C=O) groups is 1. The zero-order valence-corrected chi connectivity index (χ0v) is 19.6. The van der Waals surface area contributed by atoms with Crippen molar-refractivity contribution in [2.45, 2.75) is 13.0 Å². The summed E-state index contributed by atoms with van der Waals surface area (Å²) in [6, 6.07) is 17.1. The van der Waals surface area contributed by atoms with E-state index in [-0.39, 0.29) is 17.2 Å². The summed E-state index contributed by atoms with van der Waals surface area (Å²) >= 11 is 0. The summed E-state index contributed by atoms with van der Waals surface area (Å²) in [6.07, 6.45) is 2.31. The molecule has 0 saturated carbocycles. The Hall–Kier alpha value is -4.86. The van der Waals surface area contributed by atoms with E-state index in [4.69, 9.17) is 20.9 Å². The van der Waals surface area contributed by atoms with Gasteiger partial charge in [-0.25, -0.2) is 9.97 Å². The lowest BCUT2D eigenvalue weighted by atomic mass is 10.0. The Labute approximate surface area is 206 Å². The highest BCUT2D eigenvalue weighted by atomic mass is 16.5.